The predicted molar refractivity (Wildman–Crippen MR) is 72.1 cm³/mol. The van der Waals surface area contributed by atoms with Crippen LogP contribution in [0.4, 0.5) is 0 Å². The van der Waals surface area contributed by atoms with Crippen molar-refractivity contribution in [3.63, 3.8) is 0 Å². The van der Waals surface area contributed by atoms with Crippen LogP contribution in [0.5, 0.6) is 0 Å². The van der Waals surface area contributed by atoms with E-state index in [1.165, 1.54) is 11.8 Å². The van der Waals surface area contributed by atoms with Crippen LogP contribution in [-0.2, 0) is 0 Å². The van der Waals surface area contributed by atoms with Crippen molar-refractivity contribution < 1.29 is 0 Å². The summed E-state index contributed by atoms with van der Waals surface area (Å²) in [5, 5.41) is 1.79. The Morgan fingerprint density at radius 3 is 2.35 bits per heavy atom. The molecule has 0 spiro atoms. The van der Waals surface area contributed by atoms with E-state index >= 15 is 0 Å². The fraction of sp³-hybridized carbons (Fsp3) is 0.167. The van der Waals surface area contributed by atoms with Crippen LogP contribution in [-0.4, -0.2) is 9.97 Å². The molecule has 88 valence electrons. The van der Waals surface area contributed by atoms with E-state index in [1.54, 1.807) is 0 Å². The molecule has 17 heavy (non-hydrogen) atoms. The summed E-state index contributed by atoms with van der Waals surface area (Å²) in [7, 11) is 0. The lowest BCUT2D eigenvalue weighted by Crippen LogP contribution is -1.95. The highest BCUT2D eigenvalue weighted by Gasteiger charge is 2.10. The molecule has 0 unspecified atom stereocenters. The minimum absolute atomic E-state index is 0.415. The van der Waals surface area contributed by atoms with Gasteiger partial charge in [0, 0.05) is 4.90 Å². The normalized spacial score (nSPS) is 10.6. The number of rotatable bonds is 2. The van der Waals surface area contributed by atoms with E-state index in [0.29, 0.717) is 15.2 Å². The van der Waals surface area contributed by atoms with Crippen molar-refractivity contribution in [3.8, 4) is 0 Å². The number of halogens is 2. The first-order valence-corrected chi connectivity index (χ1v) is 6.58. The van der Waals surface area contributed by atoms with Crippen LogP contribution in [0, 0.1) is 13.8 Å². The van der Waals surface area contributed by atoms with E-state index in [2.05, 4.69) is 9.97 Å². The summed E-state index contributed by atoms with van der Waals surface area (Å²) in [4.78, 5) is 9.58. The van der Waals surface area contributed by atoms with Crippen LogP contribution in [0.2, 0.25) is 10.2 Å². The molecule has 0 bridgehead atoms. The zero-order valence-corrected chi connectivity index (χ0v) is 11.7. The van der Waals surface area contributed by atoms with Gasteiger partial charge >= 0.3 is 0 Å². The van der Waals surface area contributed by atoms with Crippen molar-refractivity contribution in [2.45, 2.75) is 23.8 Å². The minimum Gasteiger partial charge on any atom is -0.241 e. The Labute approximate surface area is 114 Å². The first-order valence-electron chi connectivity index (χ1n) is 5.01. The van der Waals surface area contributed by atoms with Gasteiger partial charge in [-0.15, -0.1) is 0 Å². The molecule has 0 atom stereocenters. The van der Waals surface area contributed by atoms with Gasteiger partial charge in [0.05, 0.1) is 16.4 Å². The van der Waals surface area contributed by atoms with Gasteiger partial charge in [-0.25, -0.2) is 9.97 Å². The van der Waals surface area contributed by atoms with E-state index in [0.717, 1.165) is 16.3 Å². The van der Waals surface area contributed by atoms with Crippen LogP contribution >= 0.6 is 35.0 Å². The largest absolute Gasteiger partial charge is 0.241 e. The topological polar surface area (TPSA) is 25.8 Å². The maximum Gasteiger partial charge on any atom is 0.161 e. The minimum atomic E-state index is 0.415. The van der Waals surface area contributed by atoms with Crippen molar-refractivity contribution in [3.05, 3.63) is 45.8 Å². The zero-order valence-electron chi connectivity index (χ0n) is 9.37. The zero-order chi connectivity index (χ0) is 12.4. The highest BCUT2D eigenvalue weighted by Crippen LogP contribution is 2.35. The lowest BCUT2D eigenvalue weighted by Gasteiger charge is -2.07. The molecule has 0 amide bonds. The van der Waals surface area contributed by atoms with Crippen molar-refractivity contribution in [2.75, 3.05) is 0 Å². The molecule has 0 aliphatic carbocycles. The van der Waals surface area contributed by atoms with Crippen LogP contribution < -0.4 is 0 Å². The van der Waals surface area contributed by atoms with Crippen molar-refractivity contribution >= 4 is 35.0 Å². The van der Waals surface area contributed by atoms with Crippen LogP contribution in [0.15, 0.2) is 34.2 Å². The van der Waals surface area contributed by atoms with E-state index in [9.17, 15) is 0 Å². The third-order valence-electron chi connectivity index (χ3n) is 2.28. The van der Waals surface area contributed by atoms with Gasteiger partial charge in [-0.3, -0.25) is 0 Å². The number of nitrogens with zero attached hydrogens (tertiary/aromatic N) is 2. The standard InChI is InChI=1S/C12H10Cl2N2S/c1-7-8(2)16-12(11(14)15-7)17-10-6-4-3-5-9(10)13/h3-6H,1-2H3. The molecule has 1 aromatic heterocycles. The Balaban J connectivity index is 2.37. The summed E-state index contributed by atoms with van der Waals surface area (Å²) >= 11 is 13.6. The number of benzene rings is 1. The van der Waals surface area contributed by atoms with Crippen LogP contribution in [0.1, 0.15) is 11.4 Å². The number of hydrogen-bond donors (Lipinski definition) is 0. The first kappa shape index (κ1) is 12.7. The molecular formula is C12H10Cl2N2S. The monoisotopic (exact) mass is 284 g/mol. The molecule has 1 aromatic carbocycles. The van der Waals surface area contributed by atoms with Crippen molar-refractivity contribution in [2.24, 2.45) is 0 Å². The molecule has 0 aliphatic heterocycles. The lowest BCUT2D eigenvalue weighted by molar-refractivity contribution is 0.957. The Bertz CT molecular complexity index is 558. The average molecular weight is 285 g/mol. The van der Waals surface area contributed by atoms with E-state index in [4.69, 9.17) is 23.2 Å². The van der Waals surface area contributed by atoms with Gasteiger partial charge in [0.25, 0.3) is 0 Å². The summed E-state index contributed by atoms with van der Waals surface area (Å²) in [6.07, 6.45) is 0. The molecule has 1 heterocycles. The Kier molecular flexibility index (Phi) is 3.92. The SMILES string of the molecule is Cc1nc(Cl)c(Sc2ccccc2Cl)nc1C. The summed E-state index contributed by atoms with van der Waals surface area (Å²) < 4.78 is 0. The van der Waals surface area contributed by atoms with Gasteiger partial charge < -0.3 is 0 Å². The van der Waals surface area contributed by atoms with Crippen molar-refractivity contribution in [1.29, 1.82) is 0 Å². The Morgan fingerprint density at radius 2 is 1.65 bits per heavy atom. The molecular weight excluding hydrogens is 275 g/mol. The lowest BCUT2D eigenvalue weighted by atomic mass is 10.4. The molecule has 0 radical (unpaired) electrons. The Hall–Kier alpha value is -0.770. The molecule has 2 aromatic rings. The second kappa shape index (κ2) is 5.25. The third-order valence-corrected chi connectivity index (χ3v) is 4.15. The summed E-state index contributed by atoms with van der Waals surface area (Å²) in [6, 6.07) is 7.59. The van der Waals surface area contributed by atoms with Gasteiger partial charge in [0.2, 0.25) is 0 Å². The smallest absolute Gasteiger partial charge is 0.161 e. The van der Waals surface area contributed by atoms with E-state index < -0.39 is 0 Å². The molecule has 0 N–H and O–H groups in total. The van der Waals surface area contributed by atoms with Crippen LogP contribution in [0.3, 0.4) is 0 Å². The number of hydrogen-bond acceptors (Lipinski definition) is 3. The Morgan fingerprint density at radius 1 is 1.00 bits per heavy atom. The third kappa shape index (κ3) is 2.92. The van der Waals surface area contributed by atoms with Gasteiger partial charge in [-0.05, 0) is 26.0 Å². The van der Waals surface area contributed by atoms with Crippen LogP contribution in [0.25, 0.3) is 0 Å². The quantitative estimate of drug-likeness (QED) is 0.809. The highest BCUT2D eigenvalue weighted by atomic mass is 35.5. The maximum absolute atomic E-state index is 6.09. The van der Waals surface area contributed by atoms with Gasteiger partial charge in [0.1, 0.15) is 5.03 Å². The van der Waals surface area contributed by atoms with E-state index in [-0.39, 0.29) is 0 Å². The summed E-state index contributed by atoms with van der Waals surface area (Å²) in [5.41, 5.74) is 1.72. The number of aryl methyl sites for hydroxylation is 2. The molecule has 0 saturated heterocycles. The van der Waals surface area contributed by atoms with Gasteiger partial charge in [-0.1, -0.05) is 47.1 Å². The van der Waals surface area contributed by atoms with Gasteiger partial charge in [-0.2, -0.15) is 0 Å². The molecule has 0 aliphatic rings. The first-order chi connectivity index (χ1) is 8.08. The molecule has 2 rings (SSSR count). The summed E-state index contributed by atoms with van der Waals surface area (Å²) in [6.45, 7) is 3.80. The molecule has 0 saturated carbocycles. The maximum atomic E-state index is 6.09. The second-order valence-corrected chi connectivity index (χ2v) is 5.32. The fourth-order valence-corrected chi connectivity index (χ4v) is 2.62. The van der Waals surface area contributed by atoms with Gasteiger partial charge in [0.15, 0.2) is 5.15 Å². The number of aromatic nitrogens is 2. The highest BCUT2D eigenvalue weighted by molar-refractivity contribution is 7.99. The molecule has 2 nitrogen and oxygen atoms in total. The van der Waals surface area contributed by atoms with Crippen molar-refractivity contribution in [1.82, 2.24) is 9.97 Å². The molecule has 5 heteroatoms. The fourth-order valence-electron chi connectivity index (χ4n) is 1.25. The average Bonchev–Trinajstić information content (AvgIpc) is 2.29. The predicted octanol–water partition coefficient (Wildman–Crippen LogP) is 4.55. The molecule has 0 fully saturated rings. The van der Waals surface area contributed by atoms with E-state index in [1.807, 2.05) is 38.1 Å². The summed E-state index contributed by atoms with van der Waals surface area (Å²) in [5.74, 6) is 0. The second-order valence-electron chi connectivity index (χ2n) is 3.52.